The third-order valence-electron chi connectivity index (χ3n) is 11.2. The summed E-state index contributed by atoms with van der Waals surface area (Å²) in [6.07, 6.45) is 2.02. The van der Waals surface area contributed by atoms with Gasteiger partial charge in [0, 0.05) is 11.8 Å². The molecule has 242 valence electrons. The van der Waals surface area contributed by atoms with Crippen LogP contribution in [0, 0.1) is 0 Å². The standard InChI is InChI=1S/C47H39N3/c1-30-49-46(2,3)47(4,5)50(30)43-25-23-38(29-48-43)35-22-24-41-42(28-35)45(37-21-19-32-13-7-9-15-34(32)27-37)40-17-11-10-16-39(40)44(41)36-20-18-31-12-6-8-14-33(31)26-36/h6-29H,1-5H3. The van der Waals surface area contributed by atoms with E-state index in [1.54, 1.807) is 0 Å². The van der Waals surface area contributed by atoms with Crippen LogP contribution in [0.5, 0.6) is 0 Å². The van der Waals surface area contributed by atoms with Crippen molar-refractivity contribution in [2.45, 2.75) is 45.7 Å². The Morgan fingerprint density at radius 3 is 1.50 bits per heavy atom. The lowest BCUT2D eigenvalue weighted by Gasteiger charge is -2.40. The van der Waals surface area contributed by atoms with Crippen molar-refractivity contribution in [3.8, 4) is 33.4 Å². The number of nitrogens with zero attached hydrogens (tertiary/aromatic N) is 3. The lowest BCUT2D eigenvalue weighted by atomic mass is 9.83. The molecule has 0 atom stereocenters. The van der Waals surface area contributed by atoms with Crippen LogP contribution in [0.3, 0.4) is 0 Å². The van der Waals surface area contributed by atoms with E-state index in [1.807, 2.05) is 6.20 Å². The molecule has 50 heavy (non-hydrogen) atoms. The fourth-order valence-electron chi connectivity index (χ4n) is 8.08. The Labute approximate surface area is 293 Å². The number of amidine groups is 1. The largest absolute Gasteiger partial charge is 0.307 e. The molecule has 2 heterocycles. The molecule has 9 rings (SSSR count). The maximum absolute atomic E-state index is 5.03. The summed E-state index contributed by atoms with van der Waals surface area (Å²) in [5.74, 6) is 1.92. The number of hydrogen-bond acceptors (Lipinski definition) is 3. The summed E-state index contributed by atoms with van der Waals surface area (Å²) >= 11 is 0. The molecule has 0 aliphatic carbocycles. The lowest BCUT2D eigenvalue weighted by molar-refractivity contribution is 0.337. The lowest BCUT2D eigenvalue weighted by Crippen LogP contribution is -2.53. The van der Waals surface area contributed by atoms with Crippen molar-refractivity contribution >= 4 is 54.7 Å². The Morgan fingerprint density at radius 1 is 0.460 bits per heavy atom. The molecule has 1 aliphatic rings. The highest BCUT2D eigenvalue weighted by molar-refractivity contribution is 6.22. The van der Waals surface area contributed by atoms with Crippen molar-refractivity contribution in [3.63, 3.8) is 0 Å². The van der Waals surface area contributed by atoms with Crippen LogP contribution in [-0.2, 0) is 0 Å². The Balaban J connectivity index is 1.28. The number of rotatable bonds is 4. The van der Waals surface area contributed by atoms with Crippen molar-refractivity contribution in [1.29, 1.82) is 0 Å². The fraction of sp³-hybridized carbons (Fsp3) is 0.149. The summed E-state index contributed by atoms with van der Waals surface area (Å²) in [5, 5.41) is 9.95. The van der Waals surface area contributed by atoms with Crippen LogP contribution in [0.4, 0.5) is 5.82 Å². The van der Waals surface area contributed by atoms with Gasteiger partial charge in [-0.05, 0) is 136 Å². The predicted molar refractivity (Wildman–Crippen MR) is 214 cm³/mol. The Morgan fingerprint density at radius 2 is 0.960 bits per heavy atom. The Bertz CT molecular complexity index is 2660. The maximum Gasteiger partial charge on any atom is 0.134 e. The monoisotopic (exact) mass is 645 g/mol. The van der Waals surface area contributed by atoms with Gasteiger partial charge in [-0.2, -0.15) is 0 Å². The fourth-order valence-corrected chi connectivity index (χ4v) is 8.08. The molecular weight excluding hydrogens is 607 g/mol. The molecule has 3 heteroatoms. The van der Waals surface area contributed by atoms with Gasteiger partial charge in [0.15, 0.2) is 0 Å². The van der Waals surface area contributed by atoms with Gasteiger partial charge < -0.3 is 4.90 Å². The molecule has 8 aromatic rings. The number of pyridine rings is 1. The Hall–Kier alpha value is -5.80. The summed E-state index contributed by atoms with van der Waals surface area (Å²) < 4.78 is 0. The molecule has 0 radical (unpaired) electrons. The second-order valence-electron chi connectivity index (χ2n) is 14.7. The van der Waals surface area contributed by atoms with Crippen LogP contribution in [-0.4, -0.2) is 21.9 Å². The molecule has 0 amide bonds. The molecule has 1 aliphatic heterocycles. The van der Waals surface area contributed by atoms with Crippen molar-refractivity contribution in [2.24, 2.45) is 4.99 Å². The number of aliphatic imine (C=N–C) groups is 1. The molecular formula is C47H39N3. The van der Waals surface area contributed by atoms with Gasteiger partial charge in [0.25, 0.3) is 0 Å². The molecule has 0 bridgehead atoms. The first-order chi connectivity index (χ1) is 24.2. The number of aromatic nitrogens is 1. The van der Waals surface area contributed by atoms with Gasteiger partial charge in [-0.15, -0.1) is 0 Å². The number of hydrogen-bond donors (Lipinski definition) is 0. The molecule has 0 fully saturated rings. The molecule has 0 spiro atoms. The Kier molecular flexibility index (Phi) is 6.73. The zero-order chi connectivity index (χ0) is 34.2. The van der Waals surface area contributed by atoms with E-state index >= 15 is 0 Å². The minimum Gasteiger partial charge on any atom is -0.307 e. The smallest absolute Gasteiger partial charge is 0.134 e. The number of anilines is 1. The molecule has 0 saturated heterocycles. The summed E-state index contributed by atoms with van der Waals surface area (Å²) in [4.78, 5) is 12.3. The zero-order valence-corrected chi connectivity index (χ0v) is 29.2. The van der Waals surface area contributed by atoms with Crippen molar-refractivity contribution in [1.82, 2.24) is 4.98 Å². The normalized spacial score (nSPS) is 15.3. The molecule has 7 aromatic carbocycles. The van der Waals surface area contributed by atoms with E-state index in [2.05, 4.69) is 179 Å². The van der Waals surface area contributed by atoms with Crippen LogP contribution in [0.15, 0.2) is 151 Å². The van der Waals surface area contributed by atoms with Gasteiger partial charge in [0.2, 0.25) is 0 Å². The van der Waals surface area contributed by atoms with E-state index in [-0.39, 0.29) is 11.1 Å². The average Bonchev–Trinajstić information content (AvgIpc) is 3.30. The maximum atomic E-state index is 5.03. The molecule has 1 aromatic heterocycles. The average molecular weight is 646 g/mol. The number of fused-ring (bicyclic) bond motifs is 4. The van der Waals surface area contributed by atoms with E-state index < -0.39 is 0 Å². The van der Waals surface area contributed by atoms with Crippen molar-refractivity contribution < 1.29 is 0 Å². The molecule has 0 saturated carbocycles. The molecule has 0 N–H and O–H groups in total. The van der Waals surface area contributed by atoms with Crippen LogP contribution in [0.25, 0.3) is 76.5 Å². The highest BCUT2D eigenvalue weighted by atomic mass is 15.4. The second-order valence-corrected chi connectivity index (χ2v) is 14.7. The van der Waals surface area contributed by atoms with Crippen molar-refractivity contribution in [3.05, 3.63) is 146 Å². The van der Waals surface area contributed by atoms with Crippen LogP contribution in [0.2, 0.25) is 0 Å². The van der Waals surface area contributed by atoms with Crippen molar-refractivity contribution in [2.75, 3.05) is 4.90 Å². The van der Waals surface area contributed by atoms with Gasteiger partial charge in [0.05, 0.1) is 11.1 Å². The first kappa shape index (κ1) is 30.3. The first-order valence-electron chi connectivity index (χ1n) is 17.5. The van der Waals surface area contributed by atoms with E-state index in [0.29, 0.717) is 0 Å². The van der Waals surface area contributed by atoms with Gasteiger partial charge in [-0.1, -0.05) is 109 Å². The highest BCUT2D eigenvalue weighted by Gasteiger charge is 2.48. The van der Waals surface area contributed by atoms with E-state index in [9.17, 15) is 0 Å². The quantitative estimate of drug-likeness (QED) is 0.178. The SMILES string of the molecule is CC1=NC(C)(C)C(C)(C)N1c1ccc(-c2ccc3c(-c4ccc5ccccc5c4)c4ccccc4c(-c4ccc5ccccc5c4)c3c2)cn1. The van der Waals surface area contributed by atoms with Gasteiger partial charge in [0.1, 0.15) is 11.7 Å². The minimum atomic E-state index is -0.208. The summed E-state index contributed by atoms with van der Waals surface area (Å²) in [5.41, 5.74) is 6.79. The second kappa shape index (κ2) is 11.1. The topological polar surface area (TPSA) is 28.5 Å². The highest BCUT2D eigenvalue weighted by Crippen LogP contribution is 2.46. The van der Waals surface area contributed by atoms with Gasteiger partial charge in [-0.3, -0.25) is 4.99 Å². The van der Waals surface area contributed by atoms with Crippen LogP contribution < -0.4 is 4.90 Å². The van der Waals surface area contributed by atoms with E-state index in [1.165, 1.54) is 65.3 Å². The van der Waals surface area contributed by atoms with E-state index in [4.69, 9.17) is 9.98 Å². The van der Waals surface area contributed by atoms with Crippen LogP contribution in [0.1, 0.15) is 34.6 Å². The number of benzene rings is 7. The first-order valence-corrected chi connectivity index (χ1v) is 17.5. The minimum absolute atomic E-state index is 0.191. The van der Waals surface area contributed by atoms with Gasteiger partial charge in [-0.25, -0.2) is 4.98 Å². The molecule has 3 nitrogen and oxygen atoms in total. The zero-order valence-electron chi connectivity index (χ0n) is 29.2. The van der Waals surface area contributed by atoms with Crippen LogP contribution >= 0.6 is 0 Å². The summed E-state index contributed by atoms with van der Waals surface area (Å²) in [6, 6.07) is 51.2. The summed E-state index contributed by atoms with van der Waals surface area (Å²) in [7, 11) is 0. The molecule has 0 unspecified atom stereocenters. The third-order valence-corrected chi connectivity index (χ3v) is 11.2. The van der Waals surface area contributed by atoms with E-state index in [0.717, 1.165) is 22.8 Å². The predicted octanol–water partition coefficient (Wildman–Crippen LogP) is 12.5. The third kappa shape index (κ3) is 4.64. The van der Waals surface area contributed by atoms with Gasteiger partial charge >= 0.3 is 0 Å². The summed E-state index contributed by atoms with van der Waals surface area (Å²) in [6.45, 7) is 11.0.